The van der Waals surface area contributed by atoms with E-state index in [2.05, 4.69) is 4.74 Å². The van der Waals surface area contributed by atoms with E-state index in [1.54, 1.807) is 24.1 Å². The molecule has 0 bridgehead atoms. The molecule has 1 amide bonds. The van der Waals surface area contributed by atoms with Crippen LogP contribution in [0, 0.1) is 0 Å². The molecule has 0 heterocycles. The Morgan fingerprint density at radius 2 is 1.58 bits per heavy atom. The van der Waals surface area contributed by atoms with Crippen LogP contribution in [0.5, 0.6) is 5.75 Å². The van der Waals surface area contributed by atoms with Gasteiger partial charge in [0.2, 0.25) is 5.91 Å². The van der Waals surface area contributed by atoms with Gasteiger partial charge in [0.25, 0.3) is 0 Å². The minimum atomic E-state index is -0.343. The summed E-state index contributed by atoms with van der Waals surface area (Å²) < 4.78 is 9.84. The van der Waals surface area contributed by atoms with Crippen molar-refractivity contribution in [1.29, 1.82) is 0 Å². The summed E-state index contributed by atoms with van der Waals surface area (Å²) in [5.74, 6) is 0.346. The number of amides is 1. The van der Waals surface area contributed by atoms with Crippen LogP contribution in [0.3, 0.4) is 0 Å². The van der Waals surface area contributed by atoms with Gasteiger partial charge in [-0.2, -0.15) is 0 Å². The van der Waals surface area contributed by atoms with Gasteiger partial charge >= 0.3 is 5.97 Å². The van der Waals surface area contributed by atoms with Crippen molar-refractivity contribution in [3.8, 4) is 5.75 Å². The molecule has 0 aliphatic carbocycles. The molecule has 0 aliphatic rings. The van der Waals surface area contributed by atoms with Crippen LogP contribution in [-0.2, 0) is 27.3 Å². The Hall–Kier alpha value is -2.53. The largest absolute Gasteiger partial charge is 0.497 e. The average Bonchev–Trinajstić information content (AvgIpc) is 2.67. The first kappa shape index (κ1) is 19.8. The highest BCUT2D eigenvalue weighted by atomic mass is 35.5. The zero-order valence-corrected chi connectivity index (χ0v) is 15.7. The van der Waals surface area contributed by atoms with E-state index < -0.39 is 0 Å². The summed E-state index contributed by atoms with van der Waals surface area (Å²) in [6.45, 7) is 0.707. The Kier molecular flexibility index (Phi) is 7.48. The molecule has 0 saturated carbocycles. The molecule has 0 spiro atoms. The topological polar surface area (TPSA) is 55.8 Å². The number of methoxy groups -OCH3 is 2. The van der Waals surface area contributed by atoms with Gasteiger partial charge in [0.05, 0.1) is 27.1 Å². The normalized spacial score (nSPS) is 10.3. The van der Waals surface area contributed by atoms with Crippen LogP contribution >= 0.6 is 11.6 Å². The van der Waals surface area contributed by atoms with Gasteiger partial charge in [-0.25, -0.2) is 0 Å². The van der Waals surface area contributed by atoms with Gasteiger partial charge in [0.15, 0.2) is 0 Å². The summed E-state index contributed by atoms with van der Waals surface area (Å²) >= 11 is 5.89. The van der Waals surface area contributed by atoms with Crippen molar-refractivity contribution in [3.63, 3.8) is 0 Å². The number of rotatable bonds is 8. The van der Waals surface area contributed by atoms with Gasteiger partial charge in [-0.15, -0.1) is 0 Å². The third kappa shape index (κ3) is 6.08. The third-order valence-corrected chi connectivity index (χ3v) is 4.22. The Morgan fingerprint density at radius 3 is 2.15 bits per heavy atom. The zero-order valence-electron chi connectivity index (χ0n) is 14.9. The minimum absolute atomic E-state index is 0.0629. The monoisotopic (exact) mass is 375 g/mol. The van der Waals surface area contributed by atoms with Crippen molar-refractivity contribution < 1.29 is 19.1 Å². The van der Waals surface area contributed by atoms with Gasteiger partial charge in [-0.05, 0) is 35.4 Å². The van der Waals surface area contributed by atoms with Crippen LogP contribution < -0.4 is 4.74 Å². The molecule has 0 N–H and O–H groups in total. The number of benzene rings is 2. The maximum atomic E-state index is 12.7. The van der Waals surface area contributed by atoms with E-state index in [0.29, 0.717) is 18.1 Å². The van der Waals surface area contributed by atoms with Gasteiger partial charge < -0.3 is 14.4 Å². The molecule has 0 atom stereocenters. The highest BCUT2D eigenvalue weighted by molar-refractivity contribution is 6.30. The van der Waals surface area contributed by atoms with E-state index in [9.17, 15) is 9.59 Å². The van der Waals surface area contributed by atoms with Crippen LogP contribution in [0.4, 0.5) is 0 Å². The Balaban J connectivity index is 2.08. The molecule has 5 nitrogen and oxygen atoms in total. The molecule has 6 heteroatoms. The van der Waals surface area contributed by atoms with Crippen molar-refractivity contribution >= 4 is 23.5 Å². The summed E-state index contributed by atoms with van der Waals surface area (Å²) in [6, 6.07) is 14.7. The molecule has 0 aromatic heterocycles. The molecular formula is C20H22ClNO4. The predicted molar refractivity (Wildman–Crippen MR) is 100 cm³/mol. The number of carbonyl (C=O) groups is 2. The number of hydrogen-bond donors (Lipinski definition) is 0. The van der Waals surface area contributed by atoms with Crippen LogP contribution in [0.15, 0.2) is 48.5 Å². The molecule has 0 unspecified atom stereocenters. The number of nitrogens with zero attached hydrogens (tertiary/aromatic N) is 1. The van der Waals surface area contributed by atoms with Crippen LogP contribution in [-0.4, -0.2) is 37.5 Å². The van der Waals surface area contributed by atoms with Crippen LogP contribution in [0.25, 0.3) is 0 Å². The Morgan fingerprint density at radius 1 is 0.962 bits per heavy atom. The number of esters is 1. The second-order valence-corrected chi connectivity index (χ2v) is 6.23. The standard InChI is InChI=1S/C20H22ClNO4/c1-25-18-9-5-16(6-10-18)14-22(12-11-20(24)26-2)19(23)13-15-3-7-17(21)8-4-15/h3-10H,11-14H2,1-2H3. The van der Waals surface area contributed by atoms with Crippen molar-refractivity contribution in [2.75, 3.05) is 20.8 Å². The Labute approximate surface area is 158 Å². The molecule has 2 aromatic carbocycles. The fourth-order valence-electron chi connectivity index (χ4n) is 2.46. The lowest BCUT2D eigenvalue weighted by Crippen LogP contribution is -2.34. The van der Waals surface area contributed by atoms with Gasteiger partial charge in [-0.1, -0.05) is 35.9 Å². The van der Waals surface area contributed by atoms with E-state index in [1.807, 2.05) is 36.4 Å². The number of carbonyl (C=O) groups excluding carboxylic acids is 2. The van der Waals surface area contributed by atoms with Gasteiger partial charge in [-0.3, -0.25) is 9.59 Å². The van der Waals surface area contributed by atoms with Crippen molar-refractivity contribution in [2.24, 2.45) is 0 Å². The highest BCUT2D eigenvalue weighted by Crippen LogP contribution is 2.15. The summed E-state index contributed by atoms with van der Waals surface area (Å²) in [5.41, 5.74) is 1.83. The molecule has 0 aliphatic heterocycles. The van der Waals surface area contributed by atoms with E-state index in [1.165, 1.54) is 7.11 Å². The summed E-state index contributed by atoms with van der Waals surface area (Å²) in [7, 11) is 2.94. The quantitative estimate of drug-likeness (QED) is 0.663. The van der Waals surface area contributed by atoms with Gasteiger partial charge in [0, 0.05) is 18.1 Å². The van der Waals surface area contributed by atoms with Crippen molar-refractivity contribution in [2.45, 2.75) is 19.4 Å². The van der Waals surface area contributed by atoms with Crippen molar-refractivity contribution in [3.05, 3.63) is 64.7 Å². The molecule has 2 aromatic rings. The zero-order chi connectivity index (χ0) is 18.9. The fraction of sp³-hybridized carbons (Fsp3) is 0.300. The van der Waals surface area contributed by atoms with E-state index in [0.717, 1.165) is 16.9 Å². The minimum Gasteiger partial charge on any atom is -0.497 e. The first-order valence-corrected chi connectivity index (χ1v) is 8.61. The first-order chi connectivity index (χ1) is 12.5. The third-order valence-electron chi connectivity index (χ3n) is 3.97. The van der Waals surface area contributed by atoms with Crippen molar-refractivity contribution in [1.82, 2.24) is 4.90 Å². The fourth-order valence-corrected chi connectivity index (χ4v) is 2.59. The number of hydrogen-bond acceptors (Lipinski definition) is 4. The highest BCUT2D eigenvalue weighted by Gasteiger charge is 2.16. The molecule has 0 saturated heterocycles. The van der Waals surface area contributed by atoms with Crippen LogP contribution in [0.1, 0.15) is 17.5 Å². The molecule has 0 fully saturated rings. The lowest BCUT2D eigenvalue weighted by Gasteiger charge is -2.23. The second-order valence-electron chi connectivity index (χ2n) is 5.79. The summed E-state index contributed by atoms with van der Waals surface area (Å²) in [4.78, 5) is 25.9. The lowest BCUT2D eigenvalue weighted by molar-refractivity contribution is -0.141. The van der Waals surface area contributed by atoms with Gasteiger partial charge in [0.1, 0.15) is 5.75 Å². The molecule has 138 valence electrons. The summed E-state index contributed by atoms with van der Waals surface area (Å²) in [5, 5.41) is 0.627. The smallest absolute Gasteiger partial charge is 0.307 e. The van der Waals surface area contributed by atoms with E-state index in [4.69, 9.17) is 16.3 Å². The number of halogens is 1. The van der Waals surface area contributed by atoms with E-state index in [-0.39, 0.29) is 24.7 Å². The Bertz CT molecular complexity index is 728. The predicted octanol–water partition coefficient (Wildman–Crippen LogP) is 3.48. The number of ether oxygens (including phenoxy) is 2. The van der Waals surface area contributed by atoms with Crippen LogP contribution in [0.2, 0.25) is 5.02 Å². The molecule has 2 rings (SSSR count). The molecular weight excluding hydrogens is 354 g/mol. The SMILES string of the molecule is COC(=O)CCN(Cc1ccc(OC)cc1)C(=O)Cc1ccc(Cl)cc1. The van der Waals surface area contributed by atoms with E-state index >= 15 is 0 Å². The molecule has 0 radical (unpaired) electrons. The average molecular weight is 376 g/mol. The summed E-state index contributed by atoms with van der Waals surface area (Å²) in [6.07, 6.45) is 0.396. The lowest BCUT2D eigenvalue weighted by atomic mass is 10.1. The molecule has 26 heavy (non-hydrogen) atoms. The maximum Gasteiger partial charge on any atom is 0.307 e. The second kappa shape index (κ2) is 9.82. The first-order valence-electron chi connectivity index (χ1n) is 8.23. The maximum absolute atomic E-state index is 12.7.